The predicted octanol–water partition coefficient (Wildman–Crippen LogP) is 2.01. The van der Waals surface area contributed by atoms with E-state index in [2.05, 4.69) is 4.98 Å². The molecule has 0 aliphatic carbocycles. The number of hydrogen-bond donors (Lipinski definition) is 1. The number of carbonyl (C=O) groups excluding carboxylic acids is 1. The molecule has 0 atom stereocenters. The third-order valence-electron chi connectivity index (χ3n) is 3.03. The Morgan fingerprint density at radius 2 is 2.14 bits per heavy atom. The van der Waals surface area contributed by atoms with E-state index in [9.17, 15) is 4.79 Å². The van der Waals surface area contributed by atoms with E-state index in [4.69, 9.17) is 15.2 Å². The van der Waals surface area contributed by atoms with Gasteiger partial charge in [0.25, 0.3) is 5.91 Å². The second-order valence-corrected chi connectivity index (χ2v) is 5.15. The van der Waals surface area contributed by atoms with Gasteiger partial charge in [0.05, 0.1) is 43.2 Å². The molecule has 21 heavy (non-hydrogen) atoms. The Morgan fingerprint density at radius 3 is 2.71 bits per heavy atom. The van der Waals surface area contributed by atoms with Gasteiger partial charge in [0.2, 0.25) is 0 Å². The number of carbonyl (C=O) groups is 1. The molecule has 1 heterocycles. The van der Waals surface area contributed by atoms with Gasteiger partial charge in [0.15, 0.2) is 0 Å². The largest absolute Gasteiger partial charge is 0.497 e. The maximum Gasteiger partial charge on any atom is 0.256 e. The van der Waals surface area contributed by atoms with Crippen molar-refractivity contribution in [2.24, 2.45) is 0 Å². The normalized spacial score (nSPS) is 10.2. The topological polar surface area (TPSA) is 77.7 Å². The van der Waals surface area contributed by atoms with Crippen LogP contribution in [0.4, 0.5) is 5.69 Å². The highest BCUT2D eigenvalue weighted by atomic mass is 32.1. The Balaban J connectivity index is 2.29. The van der Waals surface area contributed by atoms with Crippen molar-refractivity contribution in [2.75, 3.05) is 27.0 Å². The van der Waals surface area contributed by atoms with Crippen molar-refractivity contribution in [3.05, 3.63) is 34.3 Å². The second kappa shape index (κ2) is 6.45. The van der Waals surface area contributed by atoms with Crippen molar-refractivity contribution in [2.45, 2.75) is 6.54 Å². The van der Waals surface area contributed by atoms with Gasteiger partial charge in [-0.1, -0.05) is 0 Å². The van der Waals surface area contributed by atoms with Crippen LogP contribution in [-0.2, 0) is 6.54 Å². The molecule has 2 aromatic rings. The van der Waals surface area contributed by atoms with Gasteiger partial charge in [-0.2, -0.15) is 0 Å². The van der Waals surface area contributed by atoms with E-state index in [1.54, 1.807) is 29.6 Å². The van der Waals surface area contributed by atoms with Crippen LogP contribution in [0.2, 0.25) is 0 Å². The minimum absolute atomic E-state index is 0.210. The average molecular weight is 307 g/mol. The third kappa shape index (κ3) is 3.25. The van der Waals surface area contributed by atoms with Crippen LogP contribution in [0.15, 0.2) is 23.0 Å². The maximum absolute atomic E-state index is 12.5. The molecule has 2 N–H and O–H groups in total. The average Bonchev–Trinajstić information content (AvgIpc) is 2.99. The Bertz CT molecular complexity index is 629. The highest BCUT2D eigenvalue weighted by molar-refractivity contribution is 7.07. The lowest BCUT2D eigenvalue weighted by Crippen LogP contribution is -2.27. The number of ether oxygens (including phenoxy) is 2. The number of rotatable bonds is 5. The summed E-state index contributed by atoms with van der Waals surface area (Å²) >= 11 is 1.49. The fourth-order valence-corrected chi connectivity index (χ4v) is 2.45. The van der Waals surface area contributed by atoms with Gasteiger partial charge in [-0.25, -0.2) is 4.98 Å². The van der Waals surface area contributed by atoms with Crippen molar-refractivity contribution < 1.29 is 14.3 Å². The summed E-state index contributed by atoms with van der Waals surface area (Å²) in [6, 6.07) is 3.25. The summed E-state index contributed by atoms with van der Waals surface area (Å²) in [6.07, 6.45) is 0. The summed E-state index contributed by atoms with van der Waals surface area (Å²) in [5.41, 5.74) is 9.21. The molecule has 7 heteroatoms. The number of aromatic nitrogens is 1. The van der Waals surface area contributed by atoms with E-state index in [0.717, 1.165) is 5.69 Å². The van der Waals surface area contributed by atoms with Crippen LogP contribution in [0.3, 0.4) is 0 Å². The van der Waals surface area contributed by atoms with Crippen molar-refractivity contribution in [3.63, 3.8) is 0 Å². The molecule has 0 spiro atoms. The van der Waals surface area contributed by atoms with E-state index in [1.165, 1.54) is 25.6 Å². The van der Waals surface area contributed by atoms with Crippen molar-refractivity contribution >= 4 is 22.9 Å². The number of methoxy groups -OCH3 is 2. The number of benzene rings is 1. The lowest BCUT2D eigenvalue weighted by atomic mass is 10.1. The van der Waals surface area contributed by atoms with E-state index in [-0.39, 0.29) is 5.91 Å². The van der Waals surface area contributed by atoms with Crippen LogP contribution < -0.4 is 15.2 Å². The summed E-state index contributed by atoms with van der Waals surface area (Å²) in [4.78, 5) is 18.3. The molecule has 0 aliphatic rings. The van der Waals surface area contributed by atoms with E-state index < -0.39 is 0 Å². The molecule has 0 bridgehead atoms. The molecule has 1 amide bonds. The first-order valence-corrected chi connectivity index (χ1v) is 7.15. The number of nitrogens with zero attached hydrogens (tertiary/aromatic N) is 2. The first-order chi connectivity index (χ1) is 10.1. The zero-order valence-electron chi connectivity index (χ0n) is 12.1. The monoisotopic (exact) mass is 307 g/mol. The Hall–Kier alpha value is -2.28. The molecule has 112 valence electrons. The minimum atomic E-state index is -0.210. The van der Waals surface area contributed by atoms with Crippen molar-refractivity contribution in [3.8, 4) is 11.5 Å². The SMILES string of the molecule is COc1cc(OC)c(N)c(C(=O)N(C)Cc2cscn2)c1. The van der Waals surface area contributed by atoms with E-state index >= 15 is 0 Å². The summed E-state index contributed by atoms with van der Waals surface area (Å²) < 4.78 is 10.3. The van der Waals surface area contributed by atoms with Crippen LogP contribution >= 0.6 is 11.3 Å². The van der Waals surface area contributed by atoms with Gasteiger partial charge in [-0.05, 0) is 6.07 Å². The summed E-state index contributed by atoms with van der Waals surface area (Å²) in [6.45, 7) is 0.418. The van der Waals surface area contributed by atoms with Crippen LogP contribution in [0.5, 0.6) is 11.5 Å². The van der Waals surface area contributed by atoms with Crippen LogP contribution in [-0.4, -0.2) is 37.1 Å². The number of nitrogens with two attached hydrogens (primary N) is 1. The van der Waals surface area contributed by atoms with Crippen LogP contribution in [0.1, 0.15) is 16.1 Å². The molecule has 0 fully saturated rings. The smallest absolute Gasteiger partial charge is 0.256 e. The molecule has 0 radical (unpaired) electrons. The first kappa shape index (κ1) is 15.1. The summed E-state index contributed by atoms with van der Waals surface area (Å²) in [5.74, 6) is 0.726. The highest BCUT2D eigenvalue weighted by Crippen LogP contribution is 2.31. The Labute approximate surface area is 127 Å². The van der Waals surface area contributed by atoms with Gasteiger partial charge < -0.3 is 20.1 Å². The molecule has 1 aromatic carbocycles. The Kier molecular flexibility index (Phi) is 4.64. The fourth-order valence-electron chi connectivity index (χ4n) is 1.90. The van der Waals surface area contributed by atoms with Gasteiger partial charge in [-0.15, -0.1) is 11.3 Å². The Morgan fingerprint density at radius 1 is 1.38 bits per heavy atom. The number of hydrogen-bond acceptors (Lipinski definition) is 6. The van der Waals surface area contributed by atoms with Gasteiger partial charge in [0, 0.05) is 18.5 Å². The second-order valence-electron chi connectivity index (χ2n) is 4.43. The van der Waals surface area contributed by atoms with Gasteiger partial charge >= 0.3 is 0 Å². The van der Waals surface area contributed by atoms with Crippen molar-refractivity contribution in [1.82, 2.24) is 9.88 Å². The number of amides is 1. The summed E-state index contributed by atoms with van der Waals surface area (Å²) in [5, 5.41) is 1.90. The molecule has 0 saturated heterocycles. The molecule has 0 aliphatic heterocycles. The van der Waals surface area contributed by atoms with Crippen LogP contribution in [0.25, 0.3) is 0 Å². The molecule has 6 nitrogen and oxygen atoms in total. The number of anilines is 1. The zero-order chi connectivity index (χ0) is 15.4. The lowest BCUT2D eigenvalue weighted by Gasteiger charge is -2.19. The lowest BCUT2D eigenvalue weighted by molar-refractivity contribution is 0.0784. The number of nitrogen functional groups attached to an aromatic ring is 1. The quantitative estimate of drug-likeness (QED) is 0.855. The van der Waals surface area contributed by atoms with E-state index in [0.29, 0.717) is 29.3 Å². The fraction of sp³-hybridized carbons (Fsp3) is 0.286. The van der Waals surface area contributed by atoms with Crippen LogP contribution in [0, 0.1) is 0 Å². The zero-order valence-corrected chi connectivity index (χ0v) is 12.9. The maximum atomic E-state index is 12.5. The molecule has 1 aromatic heterocycles. The molecule has 0 saturated carbocycles. The highest BCUT2D eigenvalue weighted by Gasteiger charge is 2.19. The summed E-state index contributed by atoms with van der Waals surface area (Å²) in [7, 11) is 4.73. The van der Waals surface area contributed by atoms with Gasteiger partial charge in [0.1, 0.15) is 11.5 Å². The standard InChI is InChI=1S/C14H17N3O3S/c1-17(6-9-7-21-8-16-9)14(18)11-4-10(19-2)5-12(20-3)13(11)15/h4-5,7-8H,6,15H2,1-3H3. The molecule has 2 rings (SSSR count). The molecular weight excluding hydrogens is 290 g/mol. The first-order valence-electron chi connectivity index (χ1n) is 6.20. The minimum Gasteiger partial charge on any atom is -0.497 e. The van der Waals surface area contributed by atoms with Gasteiger partial charge in [-0.3, -0.25) is 4.79 Å². The number of thiazole rings is 1. The predicted molar refractivity (Wildman–Crippen MR) is 81.9 cm³/mol. The van der Waals surface area contributed by atoms with Crippen molar-refractivity contribution in [1.29, 1.82) is 0 Å². The molecule has 0 unspecified atom stereocenters. The van der Waals surface area contributed by atoms with E-state index in [1.807, 2.05) is 5.38 Å². The third-order valence-corrected chi connectivity index (χ3v) is 3.67. The molecular formula is C14H17N3O3S.